The lowest BCUT2D eigenvalue weighted by Crippen LogP contribution is -2.69. The minimum absolute atomic E-state index is 0.111. The van der Waals surface area contributed by atoms with Gasteiger partial charge in [-0.05, 0) is 57.4 Å². The monoisotopic (exact) mass is 628 g/mol. The lowest BCUT2D eigenvalue weighted by Gasteiger charge is -2.60. The van der Waals surface area contributed by atoms with Crippen molar-refractivity contribution < 1.29 is 29.0 Å². The number of nitrogens with zero attached hydrogens (tertiary/aromatic N) is 2. The number of Topliss-reactive ketones (excluding diaryl/α,β-unsaturated/α-hetero) is 1. The van der Waals surface area contributed by atoms with Crippen molar-refractivity contribution in [1.29, 1.82) is 0 Å². The summed E-state index contributed by atoms with van der Waals surface area (Å²) in [6.07, 6.45) is 10.1. The maximum absolute atomic E-state index is 14.1. The van der Waals surface area contributed by atoms with Gasteiger partial charge < -0.3 is 19.5 Å². The van der Waals surface area contributed by atoms with Crippen LogP contribution >= 0.6 is 0 Å². The highest BCUT2D eigenvalue weighted by Gasteiger charge is 2.67. The van der Waals surface area contributed by atoms with Crippen LogP contribution < -0.4 is 9.47 Å². The van der Waals surface area contributed by atoms with Gasteiger partial charge in [0.05, 0.1) is 6.04 Å². The molecule has 1 spiro atoms. The standard InChI is InChI=1S/C38H48N2O6/c1-4-6-12-21-40(34(44)16-11-10-15-31(42)26-13-8-7-9-14-26)29-18-17-28-30-23-27-32(43)24-33(45-25(3)41)36-35(27)38(28,37(29)46-36)19-22-39(30)20-5-2/h5,7-9,13-14,24,28-30,37,43H,2,4,6,10-12,15-23H2,1,3H3/t28-,29-,30+,37-,38-/m0/s1. The number of unbranched alkanes of at least 4 members (excludes halogenated alkanes) is 3. The fourth-order valence-electron chi connectivity index (χ4n) is 9.07. The van der Waals surface area contributed by atoms with E-state index in [1.807, 2.05) is 36.4 Å². The molecule has 1 amide bonds. The van der Waals surface area contributed by atoms with E-state index in [0.717, 1.165) is 62.7 Å². The van der Waals surface area contributed by atoms with Crippen molar-refractivity contribution in [3.05, 3.63) is 65.7 Å². The van der Waals surface area contributed by atoms with Gasteiger partial charge >= 0.3 is 5.97 Å². The van der Waals surface area contributed by atoms with Crippen molar-refractivity contribution in [2.24, 2.45) is 5.92 Å². The predicted octanol–water partition coefficient (Wildman–Crippen LogP) is 6.37. The van der Waals surface area contributed by atoms with Crippen LogP contribution in [0.1, 0.15) is 99.5 Å². The topological polar surface area (TPSA) is 96.4 Å². The number of ether oxygens (including phenoxy) is 2. The number of hydrogen-bond donors (Lipinski definition) is 1. The summed E-state index contributed by atoms with van der Waals surface area (Å²) >= 11 is 0. The largest absolute Gasteiger partial charge is 0.508 e. The zero-order valence-electron chi connectivity index (χ0n) is 27.3. The molecule has 46 heavy (non-hydrogen) atoms. The van der Waals surface area contributed by atoms with Crippen molar-refractivity contribution in [2.75, 3.05) is 19.6 Å². The third-order valence-electron chi connectivity index (χ3n) is 11.0. The third-order valence-corrected chi connectivity index (χ3v) is 11.0. The first-order valence-corrected chi connectivity index (χ1v) is 17.3. The van der Waals surface area contributed by atoms with Crippen molar-refractivity contribution >= 4 is 17.7 Å². The average molecular weight is 629 g/mol. The van der Waals surface area contributed by atoms with Crippen molar-refractivity contribution in [3.63, 3.8) is 0 Å². The van der Waals surface area contributed by atoms with Crippen LogP contribution in [0.4, 0.5) is 0 Å². The Kier molecular flexibility index (Phi) is 9.55. The van der Waals surface area contributed by atoms with Crippen LogP contribution in [0.25, 0.3) is 0 Å². The number of benzene rings is 2. The molecule has 8 heteroatoms. The Hall–Kier alpha value is -3.65. The molecule has 0 radical (unpaired) electrons. The van der Waals surface area contributed by atoms with E-state index in [1.54, 1.807) is 0 Å². The normalized spacial score (nSPS) is 25.7. The van der Waals surface area contributed by atoms with E-state index in [9.17, 15) is 19.5 Å². The average Bonchev–Trinajstić information content (AvgIpc) is 3.39. The number of carbonyl (C=O) groups is 3. The first-order valence-electron chi connectivity index (χ1n) is 17.3. The first kappa shape index (κ1) is 32.3. The molecule has 0 unspecified atom stereocenters. The summed E-state index contributed by atoms with van der Waals surface area (Å²) in [5.74, 6) is 1.04. The predicted molar refractivity (Wildman–Crippen MR) is 176 cm³/mol. The van der Waals surface area contributed by atoms with E-state index in [1.165, 1.54) is 13.0 Å². The molecule has 6 rings (SSSR count). The quantitative estimate of drug-likeness (QED) is 0.0854. The minimum atomic E-state index is -0.462. The van der Waals surface area contributed by atoms with E-state index >= 15 is 0 Å². The number of ketones is 1. The van der Waals surface area contributed by atoms with Gasteiger partial charge in [0, 0.05) is 67.1 Å². The number of likely N-dealkylation sites (tertiary alicyclic amines) is 1. The lowest BCUT2D eigenvalue weighted by molar-refractivity contribution is -0.142. The summed E-state index contributed by atoms with van der Waals surface area (Å²) in [4.78, 5) is 43.5. The summed E-state index contributed by atoms with van der Waals surface area (Å²) in [5, 5.41) is 11.3. The van der Waals surface area contributed by atoms with Gasteiger partial charge in [0.2, 0.25) is 5.91 Å². The fourth-order valence-corrected chi connectivity index (χ4v) is 9.07. The molecule has 2 aromatic carbocycles. The second kappa shape index (κ2) is 13.6. The number of esters is 1. The Morgan fingerprint density at radius 3 is 2.65 bits per heavy atom. The van der Waals surface area contributed by atoms with Crippen molar-refractivity contribution in [1.82, 2.24) is 9.80 Å². The molecular weight excluding hydrogens is 580 g/mol. The van der Waals surface area contributed by atoms with Gasteiger partial charge in [-0.25, -0.2) is 0 Å². The number of aromatic hydroxyl groups is 1. The lowest BCUT2D eigenvalue weighted by atomic mass is 9.50. The number of piperidine rings is 1. The smallest absolute Gasteiger partial charge is 0.308 e. The molecule has 1 saturated heterocycles. The molecule has 2 aromatic rings. The fraction of sp³-hybridized carbons (Fsp3) is 0.553. The van der Waals surface area contributed by atoms with Crippen LogP contribution in [-0.2, 0) is 21.4 Å². The highest BCUT2D eigenvalue weighted by Crippen LogP contribution is 2.65. The molecule has 2 aliphatic heterocycles. The summed E-state index contributed by atoms with van der Waals surface area (Å²) in [6.45, 7) is 9.86. The summed E-state index contributed by atoms with van der Waals surface area (Å²) in [5.41, 5.74) is 2.22. The zero-order valence-corrected chi connectivity index (χ0v) is 27.3. The Morgan fingerprint density at radius 2 is 1.91 bits per heavy atom. The Balaban J connectivity index is 1.29. The maximum Gasteiger partial charge on any atom is 0.308 e. The zero-order chi connectivity index (χ0) is 32.4. The first-order chi connectivity index (χ1) is 22.3. The van der Waals surface area contributed by atoms with Crippen LogP contribution in [0.5, 0.6) is 17.2 Å². The molecule has 2 aliphatic carbocycles. The van der Waals surface area contributed by atoms with Gasteiger partial charge in [-0.1, -0.05) is 56.2 Å². The van der Waals surface area contributed by atoms with Gasteiger partial charge in [0.25, 0.3) is 0 Å². The Bertz CT molecular complexity index is 1470. The molecule has 4 aliphatic rings. The van der Waals surface area contributed by atoms with Crippen LogP contribution in [0.15, 0.2) is 49.1 Å². The van der Waals surface area contributed by atoms with E-state index < -0.39 is 5.97 Å². The number of hydrogen-bond acceptors (Lipinski definition) is 7. The number of phenols is 1. The number of carbonyl (C=O) groups excluding carboxylic acids is 3. The SMILES string of the molecule is C=CCN1CC[C@]23c4c5c(O)cc(OC(C)=O)c4O[C@H]2[C@@H](N(CCCCC)C(=O)CCCCC(=O)c2ccccc2)CC[C@H]3[C@H]1C5. The third kappa shape index (κ3) is 5.74. The molecular formula is C38H48N2O6. The molecule has 2 bridgehead atoms. The van der Waals surface area contributed by atoms with Gasteiger partial charge in [-0.2, -0.15) is 0 Å². The minimum Gasteiger partial charge on any atom is -0.508 e. The summed E-state index contributed by atoms with van der Waals surface area (Å²) in [6, 6.07) is 11.0. The van der Waals surface area contributed by atoms with Crippen LogP contribution in [0.2, 0.25) is 0 Å². The van der Waals surface area contributed by atoms with Crippen LogP contribution in [-0.4, -0.2) is 70.4 Å². The second-order valence-electron chi connectivity index (χ2n) is 13.6. The highest BCUT2D eigenvalue weighted by molar-refractivity contribution is 5.96. The van der Waals surface area contributed by atoms with E-state index in [2.05, 4.69) is 23.3 Å². The molecule has 2 fully saturated rings. The van der Waals surface area contributed by atoms with Gasteiger partial charge in [-0.15, -0.1) is 6.58 Å². The number of amides is 1. The summed E-state index contributed by atoms with van der Waals surface area (Å²) in [7, 11) is 0. The molecule has 1 saturated carbocycles. The Morgan fingerprint density at radius 1 is 1.13 bits per heavy atom. The van der Waals surface area contributed by atoms with E-state index in [0.29, 0.717) is 55.9 Å². The number of phenolic OH excluding ortho intramolecular Hbond substituents is 1. The van der Waals surface area contributed by atoms with E-state index in [-0.39, 0.29) is 46.8 Å². The Labute approximate surface area is 272 Å². The number of rotatable bonds is 14. The van der Waals surface area contributed by atoms with Crippen molar-refractivity contribution in [3.8, 4) is 17.2 Å². The summed E-state index contributed by atoms with van der Waals surface area (Å²) < 4.78 is 12.6. The van der Waals surface area contributed by atoms with E-state index in [4.69, 9.17) is 9.47 Å². The molecule has 1 N–H and O–H groups in total. The van der Waals surface area contributed by atoms with Gasteiger partial charge in [-0.3, -0.25) is 19.3 Å². The van der Waals surface area contributed by atoms with Crippen LogP contribution in [0, 0.1) is 5.92 Å². The molecule has 5 atom stereocenters. The van der Waals surface area contributed by atoms with Gasteiger partial charge in [0.1, 0.15) is 11.9 Å². The van der Waals surface area contributed by atoms with Crippen LogP contribution in [0.3, 0.4) is 0 Å². The molecule has 246 valence electrons. The highest BCUT2D eigenvalue weighted by atomic mass is 16.6. The maximum atomic E-state index is 14.1. The van der Waals surface area contributed by atoms with Gasteiger partial charge in [0.15, 0.2) is 17.3 Å². The molecule has 2 heterocycles. The van der Waals surface area contributed by atoms with Crippen molar-refractivity contribution in [2.45, 2.75) is 108 Å². The molecule has 0 aromatic heterocycles. The molecule has 8 nitrogen and oxygen atoms in total. The second-order valence-corrected chi connectivity index (χ2v) is 13.6.